The first kappa shape index (κ1) is 16.8. The second-order valence-electron chi connectivity index (χ2n) is 6.49. The highest BCUT2D eigenvalue weighted by atomic mass is 32.1. The van der Waals surface area contributed by atoms with E-state index in [0.717, 1.165) is 31.1 Å². The average Bonchev–Trinajstić information content (AvgIpc) is 3.17. The van der Waals surface area contributed by atoms with Crippen molar-refractivity contribution in [1.82, 2.24) is 15.2 Å². The Bertz CT molecular complexity index is 929. The normalized spacial score (nSPS) is 14.7. The Hall–Kier alpha value is -2.67. The van der Waals surface area contributed by atoms with Crippen molar-refractivity contribution in [2.24, 2.45) is 0 Å². The van der Waals surface area contributed by atoms with Gasteiger partial charge in [0.05, 0.1) is 0 Å². The highest BCUT2D eigenvalue weighted by Gasteiger charge is 2.20. The van der Waals surface area contributed by atoms with Crippen LogP contribution in [0.3, 0.4) is 0 Å². The van der Waals surface area contributed by atoms with E-state index in [0.29, 0.717) is 18.1 Å². The summed E-state index contributed by atoms with van der Waals surface area (Å²) in [4.78, 5) is 20.8. The fourth-order valence-corrected chi connectivity index (χ4v) is 3.90. The van der Waals surface area contributed by atoms with E-state index in [1.54, 1.807) is 11.3 Å². The smallest absolute Gasteiger partial charge is 0.274 e. The number of H-pyrrole nitrogens is 1. The molecule has 6 nitrogen and oxygen atoms in total. The maximum absolute atomic E-state index is 12.3. The van der Waals surface area contributed by atoms with Gasteiger partial charge in [-0.3, -0.25) is 9.78 Å². The molecule has 0 radical (unpaired) electrons. The van der Waals surface area contributed by atoms with Crippen molar-refractivity contribution in [3.63, 3.8) is 0 Å². The fraction of sp³-hybridized carbons (Fsp3) is 0.316. The van der Waals surface area contributed by atoms with Crippen molar-refractivity contribution < 1.29 is 0 Å². The first-order valence-electron chi connectivity index (χ1n) is 8.74. The third-order valence-corrected chi connectivity index (χ3v) is 5.50. The Morgan fingerprint density at radius 3 is 2.58 bits per heavy atom. The van der Waals surface area contributed by atoms with Crippen LogP contribution in [0.1, 0.15) is 16.1 Å². The molecule has 26 heavy (non-hydrogen) atoms. The molecule has 1 aromatic carbocycles. The number of rotatable bonds is 4. The first-order chi connectivity index (χ1) is 12.7. The number of anilines is 2. The molecule has 7 heteroatoms. The van der Waals surface area contributed by atoms with Crippen LogP contribution in [-0.4, -0.2) is 41.4 Å². The van der Waals surface area contributed by atoms with Crippen LogP contribution < -0.4 is 15.4 Å². The van der Waals surface area contributed by atoms with E-state index >= 15 is 0 Å². The lowest BCUT2D eigenvalue weighted by molar-refractivity contribution is 0.631. The molecule has 3 aromatic rings. The average molecular weight is 367 g/mol. The molecule has 0 aliphatic carbocycles. The molecule has 1 aliphatic heterocycles. The quantitative estimate of drug-likeness (QED) is 0.767. The molecule has 0 amide bonds. The summed E-state index contributed by atoms with van der Waals surface area (Å²) >= 11 is 1.62. The minimum absolute atomic E-state index is 0.149. The molecule has 0 unspecified atom stereocenters. The number of nitrogens with zero attached hydrogens (tertiary/aromatic N) is 4. The van der Waals surface area contributed by atoms with Gasteiger partial charge in [0.2, 0.25) is 5.95 Å². The first-order valence-corrected chi connectivity index (χ1v) is 9.62. The Balaban J connectivity index is 1.43. The number of benzene rings is 1. The molecule has 0 bridgehead atoms. The van der Waals surface area contributed by atoms with Crippen LogP contribution in [0.25, 0.3) is 0 Å². The van der Waals surface area contributed by atoms with E-state index in [1.165, 1.54) is 11.3 Å². The lowest BCUT2D eigenvalue weighted by atomic mass is 10.2. The lowest BCUT2D eigenvalue weighted by Crippen LogP contribution is -2.47. The monoisotopic (exact) mass is 367 g/mol. The minimum atomic E-state index is -0.149. The predicted octanol–water partition coefficient (Wildman–Crippen LogP) is 2.45. The Labute approximate surface area is 156 Å². The van der Waals surface area contributed by atoms with Gasteiger partial charge in [-0.05, 0) is 36.1 Å². The predicted molar refractivity (Wildman–Crippen MR) is 105 cm³/mol. The molecule has 1 saturated heterocycles. The second-order valence-corrected chi connectivity index (χ2v) is 7.53. The summed E-state index contributed by atoms with van der Waals surface area (Å²) in [7, 11) is 0. The summed E-state index contributed by atoms with van der Waals surface area (Å²) in [5.74, 6) is 0.564. The summed E-state index contributed by atoms with van der Waals surface area (Å²) in [6.07, 6.45) is 0.529. The van der Waals surface area contributed by atoms with E-state index < -0.39 is 0 Å². The van der Waals surface area contributed by atoms with Crippen LogP contribution in [0.2, 0.25) is 0 Å². The SMILES string of the molecule is Cc1cccc(N2CCN(c3nnc(Cc4cccs4)c(=O)[nH]3)CC2)c1. The summed E-state index contributed by atoms with van der Waals surface area (Å²) in [6, 6.07) is 12.5. The van der Waals surface area contributed by atoms with Gasteiger partial charge < -0.3 is 9.80 Å². The van der Waals surface area contributed by atoms with Crippen molar-refractivity contribution in [2.75, 3.05) is 36.0 Å². The van der Waals surface area contributed by atoms with E-state index in [1.807, 2.05) is 17.5 Å². The number of aromatic amines is 1. The Morgan fingerprint density at radius 1 is 1.08 bits per heavy atom. The van der Waals surface area contributed by atoms with Gasteiger partial charge in [0.25, 0.3) is 5.56 Å². The topological polar surface area (TPSA) is 65.1 Å². The van der Waals surface area contributed by atoms with Crippen molar-refractivity contribution in [3.05, 3.63) is 68.3 Å². The van der Waals surface area contributed by atoms with E-state index in [-0.39, 0.29) is 5.56 Å². The zero-order valence-corrected chi connectivity index (χ0v) is 15.5. The van der Waals surface area contributed by atoms with Crippen LogP contribution in [-0.2, 0) is 6.42 Å². The lowest BCUT2D eigenvalue weighted by Gasteiger charge is -2.36. The van der Waals surface area contributed by atoms with E-state index in [9.17, 15) is 4.79 Å². The molecule has 1 fully saturated rings. The van der Waals surface area contributed by atoms with Crippen molar-refractivity contribution in [2.45, 2.75) is 13.3 Å². The molecule has 1 aliphatic rings. The fourth-order valence-electron chi connectivity index (χ4n) is 3.19. The van der Waals surface area contributed by atoms with E-state index in [2.05, 4.69) is 56.2 Å². The molecular weight excluding hydrogens is 346 g/mol. The van der Waals surface area contributed by atoms with E-state index in [4.69, 9.17) is 0 Å². The number of hydrogen-bond acceptors (Lipinski definition) is 6. The van der Waals surface area contributed by atoms with Crippen molar-refractivity contribution in [1.29, 1.82) is 0 Å². The number of aromatic nitrogens is 3. The molecule has 1 N–H and O–H groups in total. The zero-order valence-electron chi connectivity index (χ0n) is 14.7. The Kier molecular flexibility index (Phi) is 4.71. The summed E-state index contributed by atoms with van der Waals surface area (Å²) in [5, 5.41) is 10.4. The molecule has 0 atom stereocenters. The minimum Gasteiger partial charge on any atom is -0.368 e. The van der Waals surface area contributed by atoms with Gasteiger partial charge in [-0.15, -0.1) is 21.5 Å². The molecule has 0 spiro atoms. The van der Waals surface area contributed by atoms with Gasteiger partial charge in [-0.1, -0.05) is 18.2 Å². The molecule has 4 rings (SSSR count). The highest BCUT2D eigenvalue weighted by Crippen LogP contribution is 2.19. The number of thiophene rings is 1. The van der Waals surface area contributed by atoms with Crippen LogP contribution in [0, 0.1) is 6.92 Å². The van der Waals surface area contributed by atoms with Gasteiger partial charge in [0.15, 0.2) is 0 Å². The maximum Gasteiger partial charge on any atom is 0.274 e. The van der Waals surface area contributed by atoms with Crippen molar-refractivity contribution >= 4 is 23.0 Å². The van der Waals surface area contributed by atoms with Gasteiger partial charge in [-0.25, -0.2) is 0 Å². The maximum atomic E-state index is 12.3. The van der Waals surface area contributed by atoms with Gasteiger partial charge in [-0.2, -0.15) is 0 Å². The number of nitrogens with one attached hydrogen (secondary N) is 1. The highest BCUT2D eigenvalue weighted by molar-refractivity contribution is 7.09. The molecular formula is C19H21N5OS. The third kappa shape index (κ3) is 3.62. The van der Waals surface area contributed by atoms with Crippen LogP contribution in [0.5, 0.6) is 0 Å². The van der Waals surface area contributed by atoms with Crippen LogP contribution >= 0.6 is 11.3 Å². The molecule has 3 heterocycles. The van der Waals surface area contributed by atoms with Gasteiger partial charge in [0.1, 0.15) is 5.69 Å². The second kappa shape index (κ2) is 7.29. The number of hydrogen-bond donors (Lipinski definition) is 1. The molecule has 134 valence electrons. The van der Waals surface area contributed by atoms with Crippen molar-refractivity contribution in [3.8, 4) is 0 Å². The van der Waals surface area contributed by atoms with Crippen LogP contribution in [0.15, 0.2) is 46.6 Å². The molecule has 0 saturated carbocycles. The number of aryl methyl sites for hydroxylation is 1. The summed E-state index contributed by atoms with van der Waals surface area (Å²) in [6.45, 7) is 5.51. The molecule has 2 aromatic heterocycles. The largest absolute Gasteiger partial charge is 0.368 e. The van der Waals surface area contributed by atoms with Gasteiger partial charge in [0, 0.05) is 43.2 Å². The zero-order chi connectivity index (χ0) is 17.9. The van der Waals surface area contributed by atoms with Crippen LogP contribution in [0.4, 0.5) is 11.6 Å². The summed E-state index contributed by atoms with van der Waals surface area (Å²) < 4.78 is 0. The summed E-state index contributed by atoms with van der Waals surface area (Å²) in [5.41, 5.74) is 2.83. The van der Waals surface area contributed by atoms with Gasteiger partial charge >= 0.3 is 0 Å². The third-order valence-electron chi connectivity index (χ3n) is 4.62. The Morgan fingerprint density at radius 2 is 1.88 bits per heavy atom. The number of piperazine rings is 1. The standard InChI is InChI=1S/C19H21N5OS/c1-14-4-2-5-15(12-14)23-7-9-24(10-8-23)19-20-18(25)17(21-22-19)13-16-6-3-11-26-16/h2-6,11-12H,7-10,13H2,1H3,(H,20,22,25).